The first-order valence-corrected chi connectivity index (χ1v) is 6.57. The lowest BCUT2D eigenvalue weighted by Gasteiger charge is -2.33. The van der Waals surface area contributed by atoms with E-state index in [9.17, 15) is 4.79 Å². The zero-order valence-electron chi connectivity index (χ0n) is 10.3. The first-order chi connectivity index (χ1) is 8.33. The fraction of sp³-hybridized carbons (Fsp3) is 0.917. The first kappa shape index (κ1) is 12.6. The quantitative estimate of drug-likeness (QED) is 0.791. The maximum atomic E-state index is 12.3. The number of urea groups is 1. The molecule has 2 fully saturated rings. The molecule has 2 heterocycles. The molecule has 1 N–H and O–H groups in total. The number of hydrogen-bond acceptors (Lipinski definition) is 3. The highest BCUT2D eigenvalue weighted by Crippen LogP contribution is 2.23. The lowest BCUT2D eigenvalue weighted by atomic mass is 10.1. The van der Waals surface area contributed by atoms with Crippen LogP contribution in [0.3, 0.4) is 0 Å². The van der Waals surface area contributed by atoms with Gasteiger partial charge in [-0.25, -0.2) is 4.79 Å². The maximum absolute atomic E-state index is 12.3. The van der Waals surface area contributed by atoms with Crippen LogP contribution in [0.5, 0.6) is 0 Å². The molecular formula is C12H22N2O3. The van der Waals surface area contributed by atoms with E-state index in [0.717, 1.165) is 32.2 Å². The van der Waals surface area contributed by atoms with Crippen molar-refractivity contribution in [3.63, 3.8) is 0 Å². The van der Waals surface area contributed by atoms with Crippen molar-refractivity contribution in [2.45, 2.75) is 31.7 Å². The zero-order chi connectivity index (χ0) is 12.1. The van der Waals surface area contributed by atoms with Crippen LogP contribution in [-0.4, -0.2) is 66.4 Å². The number of aliphatic hydroxyl groups is 1. The van der Waals surface area contributed by atoms with Gasteiger partial charge >= 0.3 is 6.03 Å². The number of hydrogen-bond donors (Lipinski definition) is 1. The Morgan fingerprint density at radius 2 is 2.06 bits per heavy atom. The van der Waals surface area contributed by atoms with Gasteiger partial charge in [-0.2, -0.15) is 0 Å². The molecule has 0 aromatic carbocycles. The van der Waals surface area contributed by atoms with Crippen molar-refractivity contribution in [3.8, 4) is 0 Å². The molecule has 0 saturated carbocycles. The Morgan fingerprint density at radius 3 is 2.76 bits per heavy atom. The normalized spacial score (nSPS) is 25.4. The summed E-state index contributed by atoms with van der Waals surface area (Å²) in [6.45, 7) is 3.81. The van der Waals surface area contributed by atoms with Crippen LogP contribution in [0.2, 0.25) is 0 Å². The number of rotatable bonds is 3. The summed E-state index contributed by atoms with van der Waals surface area (Å²) in [6, 6.07) is 0.492. The van der Waals surface area contributed by atoms with Crippen molar-refractivity contribution in [2.75, 3.05) is 39.5 Å². The first-order valence-electron chi connectivity index (χ1n) is 6.57. The van der Waals surface area contributed by atoms with Gasteiger partial charge in [0.1, 0.15) is 0 Å². The topological polar surface area (TPSA) is 53.0 Å². The van der Waals surface area contributed by atoms with Gasteiger partial charge < -0.3 is 19.6 Å². The van der Waals surface area contributed by atoms with Crippen LogP contribution in [0, 0.1) is 0 Å². The van der Waals surface area contributed by atoms with Gasteiger partial charge in [0.15, 0.2) is 0 Å². The molecule has 0 aromatic rings. The number of aliphatic hydroxyl groups excluding tert-OH is 1. The van der Waals surface area contributed by atoms with Gasteiger partial charge in [0.2, 0.25) is 0 Å². The van der Waals surface area contributed by atoms with Crippen molar-refractivity contribution >= 4 is 6.03 Å². The second kappa shape index (κ2) is 6.21. The van der Waals surface area contributed by atoms with Crippen molar-refractivity contribution in [1.82, 2.24) is 9.80 Å². The van der Waals surface area contributed by atoms with E-state index < -0.39 is 0 Å². The second-order valence-corrected chi connectivity index (χ2v) is 4.74. The van der Waals surface area contributed by atoms with Gasteiger partial charge in [-0.1, -0.05) is 0 Å². The Hall–Kier alpha value is -0.810. The fourth-order valence-electron chi connectivity index (χ4n) is 2.65. The summed E-state index contributed by atoms with van der Waals surface area (Å²) >= 11 is 0. The Morgan fingerprint density at radius 1 is 1.29 bits per heavy atom. The van der Waals surface area contributed by atoms with E-state index in [1.807, 2.05) is 9.80 Å². The highest BCUT2D eigenvalue weighted by molar-refractivity contribution is 5.75. The number of morpholine rings is 1. The minimum atomic E-state index is 0.161. The van der Waals surface area contributed by atoms with Gasteiger partial charge in [0.25, 0.3) is 0 Å². The lowest BCUT2D eigenvalue weighted by Crippen LogP contribution is -2.49. The fourth-order valence-corrected chi connectivity index (χ4v) is 2.65. The molecule has 5 nitrogen and oxygen atoms in total. The summed E-state index contributed by atoms with van der Waals surface area (Å²) in [5.41, 5.74) is 0. The van der Waals surface area contributed by atoms with Crippen molar-refractivity contribution in [1.29, 1.82) is 0 Å². The van der Waals surface area contributed by atoms with Gasteiger partial charge in [0, 0.05) is 32.3 Å². The van der Waals surface area contributed by atoms with Gasteiger partial charge in [-0.15, -0.1) is 0 Å². The van der Waals surface area contributed by atoms with E-state index in [1.165, 1.54) is 0 Å². The molecule has 2 saturated heterocycles. The van der Waals surface area contributed by atoms with Gasteiger partial charge in [-0.05, 0) is 25.7 Å². The molecule has 0 bridgehead atoms. The minimum Gasteiger partial charge on any atom is -0.396 e. The molecule has 2 aliphatic heterocycles. The van der Waals surface area contributed by atoms with Crippen LogP contribution < -0.4 is 0 Å². The Kier molecular flexibility index (Phi) is 4.62. The second-order valence-electron chi connectivity index (χ2n) is 4.74. The molecule has 5 heteroatoms. The van der Waals surface area contributed by atoms with Crippen molar-refractivity contribution in [2.24, 2.45) is 0 Å². The monoisotopic (exact) mass is 242 g/mol. The molecule has 98 valence electrons. The summed E-state index contributed by atoms with van der Waals surface area (Å²) < 4.78 is 5.26. The average Bonchev–Trinajstić information content (AvgIpc) is 2.84. The van der Waals surface area contributed by atoms with Crippen LogP contribution >= 0.6 is 0 Å². The highest BCUT2D eigenvalue weighted by atomic mass is 16.5. The predicted octanol–water partition coefficient (Wildman–Crippen LogP) is 0.675. The molecule has 1 unspecified atom stereocenters. The summed E-state index contributed by atoms with van der Waals surface area (Å²) in [4.78, 5) is 16.2. The molecule has 2 rings (SSSR count). The van der Waals surface area contributed by atoms with Gasteiger partial charge in [0.05, 0.1) is 13.2 Å². The van der Waals surface area contributed by atoms with Gasteiger partial charge in [-0.3, -0.25) is 0 Å². The molecule has 1 atom stereocenters. The zero-order valence-corrected chi connectivity index (χ0v) is 10.3. The third kappa shape index (κ3) is 3.10. The molecule has 2 aliphatic rings. The summed E-state index contributed by atoms with van der Waals surface area (Å²) in [7, 11) is 0. The lowest BCUT2D eigenvalue weighted by molar-refractivity contribution is 0.0417. The smallest absolute Gasteiger partial charge is 0.320 e. The van der Waals surface area contributed by atoms with E-state index in [-0.39, 0.29) is 12.6 Å². The average molecular weight is 242 g/mol. The number of likely N-dealkylation sites (tertiary alicyclic amines) is 1. The molecule has 0 aromatic heterocycles. The summed E-state index contributed by atoms with van der Waals surface area (Å²) in [6.07, 6.45) is 3.88. The Labute approximate surface area is 102 Å². The third-order valence-electron chi connectivity index (χ3n) is 3.60. The Balaban J connectivity index is 1.88. The van der Waals surface area contributed by atoms with Crippen molar-refractivity contribution in [3.05, 3.63) is 0 Å². The standard InChI is InChI=1S/C12H22N2O3/c15-8-2-4-11-3-1-5-14(11)12(16)13-6-9-17-10-7-13/h11,15H,1-10H2. The molecule has 0 aliphatic carbocycles. The summed E-state index contributed by atoms with van der Waals surface area (Å²) in [5, 5.41) is 8.87. The van der Waals surface area contributed by atoms with Crippen LogP contribution in [0.15, 0.2) is 0 Å². The van der Waals surface area contributed by atoms with E-state index >= 15 is 0 Å². The van der Waals surface area contributed by atoms with E-state index in [0.29, 0.717) is 32.3 Å². The number of nitrogens with zero attached hydrogens (tertiary/aromatic N) is 2. The predicted molar refractivity (Wildman–Crippen MR) is 63.8 cm³/mol. The molecule has 2 amide bonds. The Bertz CT molecular complexity index is 254. The van der Waals surface area contributed by atoms with E-state index in [4.69, 9.17) is 9.84 Å². The number of carbonyl (C=O) groups excluding carboxylic acids is 1. The van der Waals surface area contributed by atoms with Crippen LogP contribution in [0.25, 0.3) is 0 Å². The number of ether oxygens (including phenoxy) is 1. The van der Waals surface area contributed by atoms with E-state index in [1.54, 1.807) is 0 Å². The number of amides is 2. The van der Waals surface area contributed by atoms with Crippen LogP contribution in [0.1, 0.15) is 25.7 Å². The summed E-state index contributed by atoms with van der Waals surface area (Å²) in [5.74, 6) is 0. The third-order valence-corrected chi connectivity index (χ3v) is 3.60. The highest BCUT2D eigenvalue weighted by Gasteiger charge is 2.31. The largest absolute Gasteiger partial charge is 0.396 e. The number of carbonyl (C=O) groups is 1. The van der Waals surface area contributed by atoms with Crippen LogP contribution in [0.4, 0.5) is 4.79 Å². The maximum Gasteiger partial charge on any atom is 0.320 e. The molecule has 17 heavy (non-hydrogen) atoms. The molecule has 0 spiro atoms. The SMILES string of the molecule is O=C(N1CCOCC1)N1CCCC1CCCO. The minimum absolute atomic E-state index is 0.161. The molecule has 0 radical (unpaired) electrons. The molecular weight excluding hydrogens is 220 g/mol. The van der Waals surface area contributed by atoms with E-state index in [2.05, 4.69) is 0 Å². The van der Waals surface area contributed by atoms with Crippen molar-refractivity contribution < 1.29 is 14.6 Å². The van der Waals surface area contributed by atoms with Crippen LogP contribution in [-0.2, 0) is 4.74 Å².